The number of aliphatic carboxylic acids is 1. The van der Waals surface area contributed by atoms with Crippen LogP contribution in [-0.2, 0) is 26.0 Å². The predicted molar refractivity (Wildman–Crippen MR) is 73.3 cm³/mol. The second-order valence-electron chi connectivity index (χ2n) is 5.39. The smallest absolute Gasteiger partial charge is 0.324 e. The molecule has 2 aliphatic rings. The molecule has 1 aromatic rings. The van der Waals surface area contributed by atoms with Crippen LogP contribution in [0.15, 0.2) is 23.1 Å². The molecule has 3 rings (SSSR count). The minimum absolute atomic E-state index is 0.0229. The lowest BCUT2D eigenvalue weighted by molar-refractivity contribution is -0.147. The lowest BCUT2D eigenvalue weighted by atomic mass is 9.78. The number of anilines is 1. The second-order valence-corrected chi connectivity index (χ2v) is 7.07. The Labute approximate surface area is 121 Å². The first kappa shape index (κ1) is 14.0. The normalized spacial score (nSPS) is 19.5. The van der Waals surface area contributed by atoms with Gasteiger partial charge in [-0.3, -0.25) is 9.59 Å². The molecular formula is C13H14N2O5S. The van der Waals surface area contributed by atoms with Crippen LogP contribution in [0.2, 0.25) is 0 Å². The third-order valence-electron chi connectivity index (χ3n) is 3.96. The molecule has 1 fully saturated rings. The van der Waals surface area contributed by atoms with Crippen molar-refractivity contribution in [1.82, 2.24) is 4.72 Å². The molecule has 0 atom stereocenters. The Hall–Kier alpha value is -1.93. The zero-order valence-electron chi connectivity index (χ0n) is 11.0. The van der Waals surface area contributed by atoms with Crippen LogP contribution in [0.25, 0.3) is 0 Å². The SMILES string of the molecule is O=C1Cc2cc(S(=O)(=O)NC3(C(=O)O)CCC3)ccc2N1. The van der Waals surface area contributed by atoms with Gasteiger partial charge in [0.1, 0.15) is 5.54 Å². The van der Waals surface area contributed by atoms with E-state index in [1.807, 2.05) is 0 Å². The number of rotatable bonds is 4. The Balaban J connectivity index is 1.91. The number of hydrogen-bond donors (Lipinski definition) is 3. The molecule has 1 saturated carbocycles. The van der Waals surface area contributed by atoms with Gasteiger partial charge in [-0.15, -0.1) is 0 Å². The van der Waals surface area contributed by atoms with E-state index in [4.69, 9.17) is 0 Å². The first-order valence-corrected chi connectivity index (χ1v) is 8.01. The first-order chi connectivity index (χ1) is 9.82. The maximum Gasteiger partial charge on any atom is 0.324 e. The molecule has 0 saturated heterocycles. The second kappa shape index (κ2) is 4.54. The number of amides is 1. The van der Waals surface area contributed by atoms with Crippen LogP contribution in [0.4, 0.5) is 5.69 Å². The highest BCUT2D eigenvalue weighted by molar-refractivity contribution is 7.89. The van der Waals surface area contributed by atoms with E-state index in [1.54, 1.807) is 0 Å². The van der Waals surface area contributed by atoms with E-state index in [0.29, 0.717) is 17.7 Å². The summed E-state index contributed by atoms with van der Waals surface area (Å²) in [6.07, 6.45) is 1.37. The van der Waals surface area contributed by atoms with Crippen molar-refractivity contribution in [2.45, 2.75) is 36.1 Å². The summed E-state index contributed by atoms with van der Waals surface area (Å²) in [5, 5.41) is 11.8. The number of carbonyl (C=O) groups excluding carboxylic acids is 1. The van der Waals surface area contributed by atoms with Gasteiger partial charge in [-0.05, 0) is 43.0 Å². The van der Waals surface area contributed by atoms with Gasteiger partial charge >= 0.3 is 5.97 Å². The summed E-state index contributed by atoms with van der Waals surface area (Å²) in [4.78, 5) is 22.5. The molecule has 1 aromatic carbocycles. The van der Waals surface area contributed by atoms with E-state index < -0.39 is 21.5 Å². The molecule has 7 nitrogen and oxygen atoms in total. The van der Waals surface area contributed by atoms with Crippen molar-refractivity contribution in [2.75, 3.05) is 5.32 Å². The zero-order valence-corrected chi connectivity index (χ0v) is 11.9. The molecular weight excluding hydrogens is 296 g/mol. The largest absolute Gasteiger partial charge is 0.480 e. The molecule has 0 radical (unpaired) electrons. The van der Waals surface area contributed by atoms with Gasteiger partial charge in [0.05, 0.1) is 11.3 Å². The quantitative estimate of drug-likeness (QED) is 0.748. The van der Waals surface area contributed by atoms with Gasteiger partial charge in [0.15, 0.2) is 0 Å². The van der Waals surface area contributed by atoms with Crippen molar-refractivity contribution in [3.05, 3.63) is 23.8 Å². The van der Waals surface area contributed by atoms with Gasteiger partial charge in [0.25, 0.3) is 0 Å². The number of fused-ring (bicyclic) bond motifs is 1. The maximum absolute atomic E-state index is 12.3. The van der Waals surface area contributed by atoms with Crippen LogP contribution in [0.3, 0.4) is 0 Å². The van der Waals surface area contributed by atoms with Crippen molar-refractivity contribution in [2.24, 2.45) is 0 Å². The highest BCUT2D eigenvalue weighted by atomic mass is 32.2. The predicted octanol–water partition coefficient (Wildman–Crippen LogP) is 0.467. The first-order valence-electron chi connectivity index (χ1n) is 6.53. The molecule has 112 valence electrons. The molecule has 1 amide bonds. The molecule has 0 spiro atoms. The number of carboxylic acid groups (broad SMARTS) is 1. The fraction of sp³-hybridized carbons (Fsp3) is 0.385. The van der Waals surface area contributed by atoms with Crippen LogP contribution in [0.5, 0.6) is 0 Å². The van der Waals surface area contributed by atoms with Crippen LogP contribution in [0, 0.1) is 0 Å². The Morgan fingerprint density at radius 2 is 2.05 bits per heavy atom. The number of carboxylic acids is 1. The van der Waals surface area contributed by atoms with Crippen molar-refractivity contribution in [3.63, 3.8) is 0 Å². The molecule has 21 heavy (non-hydrogen) atoms. The number of hydrogen-bond acceptors (Lipinski definition) is 4. The molecule has 1 aliphatic heterocycles. The summed E-state index contributed by atoms with van der Waals surface area (Å²) in [6, 6.07) is 4.29. The van der Waals surface area contributed by atoms with Gasteiger partial charge in [-0.1, -0.05) is 0 Å². The zero-order chi connectivity index (χ0) is 15.3. The standard InChI is InChI=1S/C13H14N2O5S/c16-11-7-8-6-9(2-3-10(8)14-11)21(19,20)15-13(12(17)18)4-1-5-13/h2-3,6,15H,1,4-5,7H2,(H,14,16)(H,17,18). The molecule has 1 aliphatic carbocycles. The summed E-state index contributed by atoms with van der Waals surface area (Å²) < 4.78 is 27.0. The van der Waals surface area contributed by atoms with Crippen molar-refractivity contribution >= 4 is 27.6 Å². The van der Waals surface area contributed by atoms with Crippen LogP contribution >= 0.6 is 0 Å². The summed E-state index contributed by atoms with van der Waals surface area (Å²) in [7, 11) is -3.93. The van der Waals surface area contributed by atoms with Gasteiger partial charge in [0, 0.05) is 5.69 Å². The topological polar surface area (TPSA) is 113 Å². The number of carbonyl (C=O) groups is 2. The highest BCUT2D eigenvalue weighted by Gasteiger charge is 2.47. The highest BCUT2D eigenvalue weighted by Crippen LogP contribution is 2.34. The third kappa shape index (κ3) is 2.30. The maximum atomic E-state index is 12.3. The molecule has 0 aromatic heterocycles. The Bertz CT molecular complexity index is 737. The van der Waals surface area contributed by atoms with Crippen molar-refractivity contribution in [3.8, 4) is 0 Å². The van der Waals surface area contributed by atoms with Gasteiger partial charge in [-0.2, -0.15) is 4.72 Å². The average molecular weight is 310 g/mol. The monoisotopic (exact) mass is 310 g/mol. The lowest BCUT2D eigenvalue weighted by Crippen LogP contribution is -2.58. The Kier molecular flexibility index (Phi) is 3.03. The van der Waals surface area contributed by atoms with E-state index in [0.717, 1.165) is 0 Å². The number of nitrogens with one attached hydrogen (secondary N) is 2. The summed E-state index contributed by atoms with van der Waals surface area (Å²) in [5.74, 6) is -1.34. The van der Waals surface area contributed by atoms with E-state index >= 15 is 0 Å². The van der Waals surface area contributed by atoms with E-state index in [-0.39, 0.29) is 30.1 Å². The summed E-state index contributed by atoms with van der Waals surface area (Å²) in [6.45, 7) is 0. The third-order valence-corrected chi connectivity index (χ3v) is 5.49. The van der Waals surface area contributed by atoms with E-state index in [9.17, 15) is 23.1 Å². The minimum atomic E-state index is -3.93. The molecule has 3 N–H and O–H groups in total. The van der Waals surface area contributed by atoms with Gasteiger partial charge < -0.3 is 10.4 Å². The number of benzene rings is 1. The van der Waals surface area contributed by atoms with Crippen molar-refractivity contribution in [1.29, 1.82) is 0 Å². The molecule has 0 unspecified atom stereocenters. The van der Waals surface area contributed by atoms with Crippen molar-refractivity contribution < 1.29 is 23.1 Å². The summed E-state index contributed by atoms with van der Waals surface area (Å²) >= 11 is 0. The van der Waals surface area contributed by atoms with E-state index in [1.165, 1.54) is 18.2 Å². The summed E-state index contributed by atoms with van der Waals surface area (Å²) in [5.41, 5.74) is -0.206. The number of sulfonamides is 1. The molecule has 8 heteroatoms. The van der Waals surface area contributed by atoms with E-state index in [2.05, 4.69) is 10.0 Å². The molecule has 0 bridgehead atoms. The Morgan fingerprint density at radius 1 is 1.33 bits per heavy atom. The van der Waals surface area contributed by atoms with Crippen LogP contribution in [-0.4, -0.2) is 30.9 Å². The fourth-order valence-electron chi connectivity index (χ4n) is 2.58. The average Bonchev–Trinajstić information content (AvgIpc) is 2.72. The fourth-order valence-corrected chi connectivity index (χ4v) is 4.05. The van der Waals surface area contributed by atoms with Crippen LogP contribution < -0.4 is 10.0 Å². The molecule has 1 heterocycles. The van der Waals surface area contributed by atoms with Gasteiger partial charge in [0.2, 0.25) is 15.9 Å². The lowest BCUT2D eigenvalue weighted by Gasteiger charge is -2.37. The van der Waals surface area contributed by atoms with Gasteiger partial charge in [-0.25, -0.2) is 8.42 Å². The minimum Gasteiger partial charge on any atom is -0.480 e. The van der Waals surface area contributed by atoms with Crippen LogP contribution in [0.1, 0.15) is 24.8 Å². The Morgan fingerprint density at radius 3 is 2.62 bits per heavy atom.